The van der Waals surface area contributed by atoms with Crippen LogP contribution in [0.3, 0.4) is 0 Å². The highest BCUT2D eigenvalue weighted by Gasteiger charge is 2.32. The van der Waals surface area contributed by atoms with Crippen molar-refractivity contribution in [2.75, 3.05) is 26.7 Å². The van der Waals surface area contributed by atoms with Gasteiger partial charge in [0.1, 0.15) is 11.5 Å². The lowest BCUT2D eigenvalue weighted by Gasteiger charge is -2.27. The molecule has 0 spiro atoms. The van der Waals surface area contributed by atoms with Crippen LogP contribution in [0.15, 0.2) is 34.7 Å². The Labute approximate surface area is 158 Å². The van der Waals surface area contributed by atoms with E-state index >= 15 is 0 Å². The smallest absolute Gasteiger partial charge is 0.290 e. The average Bonchev–Trinajstić information content (AvgIpc) is 3.27. The van der Waals surface area contributed by atoms with Gasteiger partial charge in [0.2, 0.25) is 5.91 Å². The van der Waals surface area contributed by atoms with Gasteiger partial charge in [-0.15, -0.1) is 0 Å². The third-order valence-electron chi connectivity index (χ3n) is 5.02. The van der Waals surface area contributed by atoms with Gasteiger partial charge in [0.05, 0.1) is 12.5 Å². The van der Waals surface area contributed by atoms with Crippen molar-refractivity contribution in [3.05, 3.63) is 53.2 Å². The van der Waals surface area contributed by atoms with Crippen LogP contribution in [0.25, 0.3) is 0 Å². The fraction of sp³-hybridized carbons (Fsp3) is 0.450. The van der Waals surface area contributed by atoms with E-state index in [1.165, 1.54) is 5.56 Å². The Hall–Kier alpha value is -2.67. The predicted molar refractivity (Wildman–Crippen MR) is 99.2 cm³/mol. The van der Waals surface area contributed by atoms with Gasteiger partial charge >= 0.3 is 0 Å². The van der Waals surface area contributed by atoms with E-state index in [4.69, 9.17) is 14.3 Å². The van der Waals surface area contributed by atoms with Crippen molar-refractivity contribution >= 4 is 12.4 Å². The monoisotopic (exact) mass is 371 g/mol. The summed E-state index contributed by atoms with van der Waals surface area (Å²) in [6, 6.07) is 10.2. The minimum Gasteiger partial charge on any atom is -0.483 e. The van der Waals surface area contributed by atoms with Gasteiger partial charge in [-0.05, 0) is 25.6 Å². The number of carbonyl (C=O) groups is 2. The minimum atomic E-state index is -0.250. The number of amides is 1. The number of oxazole rings is 1. The SMILES string of the molecule is CN1CCC(C(=O)N2CCc3oc(Cc4ccccc4)nc3C2)C1.O=CO. The molecule has 1 amide bonds. The zero-order valence-corrected chi connectivity index (χ0v) is 15.5. The van der Waals surface area contributed by atoms with Gasteiger partial charge in [-0.25, -0.2) is 4.98 Å². The maximum atomic E-state index is 12.7. The molecule has 1 N–H and O–H groups in total. The lowest BCUT2D eigenvalue weighted by atomic mass is 10.1. The maximum Gasteiger partial charge on any atom is 0.290 e. The molecule has 27 heavy (non-hydrogen) atoms. The molecule has 0 aliphatic carbocycles. The highest BCUT2D eigenvalue weighted by Crippen LogP contribution is 2.24. The largest absolute Gasteiger partial charge is 0.483 e. The Kier molecular flexibility index (Phi) is 6.24. The summed E-state index contributed by atoms with van der Waals surface area (Å²) in [5.41, 5.74) is 2.13. The summed E-state index contributed by atoms with van der Waals surface area (Å²) in [6.07, 6.45) is 2.44. The Bertz CT molecular complexity index is 775. The van der Waals surface area contributed by atoms with Crippen LogP contribution in [0.5, 0.6) is 0 Å². The van der Waals surface area contributed by atoms with Crippen molar-refractivity contribution in [3.63, 3.8) is 0 Å². The van der Waals surface area contributed by atoms with Gasteiger partial charge in [0.15, 0.2) is 5.89 Å². The highest BCUT2D eigenvalue weighted by atomic mass is 16.4. The molecular weight excluding hydrogens is 346 g/mol. The first kappa shape index (κ1) is 19.1. The fourth-order valence-corrected chi connectivity index (χ4v) is 3.68. The molecule has 2 aliphatic heterocycles. The van der Waals surface area contributed by atoms with Crippen LogP contribution in [-0.2, 0) is 29.0 Å². The molecular formula is C20H25N3O4. The summed E-state index contributed by atoms with van der Waals surface area (Å²) in [6.45, 7) is 2.97. The number of nitrogens with zero attached hydrogens (tertiary/aromatic N) is 3. The van der Waals surface area contributed by atoms with Gasteiger partial charge < -0.3 is 19.3 Å². The first-order valence-corrected chi connectivity index (χ1v) is 9.17. The van der Waals surface area contributed by atoms with E-state index in [9.17, 15) is 4.79 Å². The zero-order valence-electron chi connectivity index (χ0n) is 15.5. The molecule has 0 radical (unpaired) electrons. The van der Waals surface area contributed by atoms with E-state index in [-0.39, 0.29) is 18.3 Å². The molecule has 144 valence electrons. The van der Waals surface area contributed by atoms with E-state index in [0.29, 0.717) is 13.0 Å². The van der Waals surface area contributed by atoms with E-state index in [1.54, 1.807) is 0 Å². The minimum absolute atomic E-state index is 0.146. The maximum absolute atomic E-state index is 12.7. The van der Waals surface area contributed by atoms with Gasteiger partial charge in [-0.2, -0.15) is 0 Å². The molecule has 0 bridgehead atoms. The summed E-state index contributed by atoms with van der Waals surface area (Å²) in [5, 5.41) is 6.89. The standard InChI is InChI=1S/C19H23N3O2.CH2O2/c1-21-9-7-15(12-21)19(23)22-10-8-17-16(13-22)20-18(24-17)11-14-5-3-2-4-6-14;2-1-3/h2-6,15H,7-13H2,1H3;1H,(H,2,3). The second-order valence-electron chi connectivity index (χ2n) is 7.00. The molecule has 4 rings (SSSR count). The topological polar surface area (TPSA) is 86.9 Å². The number of rotatable bonds is 3. The summed E-state index contributed by atoms with van der Waals surface area (Å²) in [5.74, 6) is 2.12. The molecule has 1 aromatic carbocycles. The van der Waals surface area contributed by atoms with Crippen molar-refractivity contribution < 1.29 is 19.1 Å². The first-order valence-electron chi connectivity index (χ1n) is 9.17. The molecule has 1 unspecified atom stereocenters. The third-order valence-corrected chi connectivity index (χ3v) is 5.02. The molecule has 2 aromatic rings. The fourth-order valence-electron chi connectivity index (χ4n) is 3.68. The van der Waals surface area contributed by atoms with E-state index < -0.39 is 0 Å². The molecule has 3 heterocycles. The van der Waals surface area contributed by atoms with Gasteiger partial charge in [-0.3, -0.25) is 9.59 Å². The molecule has 1 aromatic heterocycles. The van der Waals surface area contributed by atoms with Gasteiger partial charge in [0, 0.05) is 25.9 Å². The molecule has 1 saturated heterocycles. The first-order chi connectivity index (χ1) is 13.1. The summed E-state index contributed by atoms with van der Waals surface area (Å²) < 4.78 is 5.92. The van der Waals surface area contributed by atoms with Crippen molar-refractivity contribution in [2.45, 2.75) is 25.8 Å². The number of hydrogen-bond donors (Lipinski definition) is 1. The Balaban J connectivity index is 0.000000659. The number of hydrogen-bond acceptors (Lipinski definition) is 5. The third kappa shape index (κ3) is 4.74. The van der Waals surface area contributed by atoms with Crippen LogP contribution in [0.1, 0.15) is 29.3 Å². The number of carbonyl (C=O) groups excluding carboxylic acids is 1. The van der Waals surface area contributed by atoms with Crippen LogP contribution >= 0.6 is 0 Å². The Morgan fingerprint density at radius 2 is 2.07 bits per heavy atom. The van der Waals surface area contributed by atoms with E-state index in [0.717, 1.165) is 49.8 Å². The predicted octanol–water partition coefficient (Wildman–Crippen LogP) is 1.80. The van der Waals surface area contributed by atoms with Crippen LogP contribution < -0.4 is 0 Å². The van der Waals surface area contributed by atoms with Crippen LogP contribution in [0.2, 0.25) is 0 Å². The molecule has 1 atom stereocenters. The number of fused-ring (bicyclic) bond motifs is 1. The Morgan fingerprint density at radius 1 is 1.33 bits per heavy atom. The van der Waals surface area contributed by atoms with E-state index in [1.807, 2.05) is 23.1 Å². The average molecular weight is 371 g/mol. The highest BCUT2D eigenvalue weighted by molar-refractivity contribution is 5.79. The van der Waals surface area contributed by atoms with E-state index in [2.05, 4.69) is 29.1 Å². The number of aromatic nitrogens is 1. The number of benzene rings is 1. The lowest BCUT2D eigenvalue weighted by Crippen LogP contribution is -2.40. The lowest BCUT2D eigenvalue weighted by molar-refractivity contribution is -0.136. The van der Waals surface area contributed by atoms with Gasteiger partial charge in [-0.1, -0.05) is 30.3 Å². The van der Waals surface area contributed by atoms with Crippen molar-refractivity contribution in [2.24, 2.45) is 5.92 Å². The van der Waals surface area contributed by atoms with Crippen LogP contribution in [-0.4, -0.2) is 59.0 Å². The van der Waals surface area contributed by atoms with Crippen molar-refractivity contribution in [3.8, 4) is 0 Å². The summed E-state index contributed by atoms with van der Waals surface area (Å²) in [4.78, 5) is 29.9. The second kappa shape index (κ2) is 8.81. The van der Waals surface area contributed by atoms with Gasteiger partial charge in [0.25, 0.3) is 6.47 Å². The Morgan fingerprint density at radius 3 is 2.74 bits per heavy atom. The van der Waals surface area contributed by atoms with Crippen LogP contribution in [0.4, 0.5) is 0 Å². The zero-order chi connectivity index (χ0) is 19.2. The summed E-state index contributed by atoms with van der Waals surface area (Å²) >= 11 is 0. The quantitative estimate of drug-likeness (QED) is 0.828. The van der Waals surface area contributed by atoms with Crippen molar-refractivity contribution in [1.82, 2.24) is 14.8 Å². The normalized spacial score (nSPS) is 19.1. The molecule has 0 saturated carbocycles. The van der Waals surface area contributed by atoms with Crippen LogP contribution in [0, 0.1) is 5.92 Å². The molecule has 7 heteroatoms. The summed E-state index contributed by atoms with van der Waals surface area (Å²) in [7, 11) is 2.08. The molecule has 2 aliphatic rings. The second-order valence-corrected chi connectivity index (χ2v) is 7.00. The van der Waals surface area contributed by atoms with Crippen molar-refractivity contribution in [1.29, 1.82) is 0 Å². The number of carboxylic acid groups (broad SMARTS) is 1. The molecule has 1 fully saturated rings. The number of likely N-dealkylation sites (tertiary alicyclic amines) is 1. The molecule has 7 nitrogen and oxygen atoms in total.